The van der Waals surface area contributed by atoms with Gasteiger partial charge in [-0.2, -0.15) is 0 Å². The van der Waals surface area contributed by atoms with Crippen molar-refractivity contribution < 1.29 is 9.21 Å². The van der Waals surface area contributed by atoms with Gasteiger partial charge in [0, 0.05) is 11.2 Å². The van der Waals surface area contributed by atoms with Crippen LogP contribution in [0.3, 0.4) is 0 Å². The Morgan fingerprint density at radius 2 is 1.79 bits per heavy atom. The fraction of sp³-hybridized carbons (Fsp3) is 0.0870. The highest BCUT2D eigenvalue weighted by Crippen LogP contribution is 2.40. The molecule has 5 nitrogen and oxygen atoms in total. The lowest BCUT2D eigenvalue weighted by Gasteiger charge is -2.24. The lowest BCUT2D eigenvalue weighted by Crippen LogP contribution is -2.30. The Balaban J connectivity index is 1.82. The van der Waals surface area contributed by atoms with Crippen LogP contribution in [0.2, 0.25) is 5.02 Å². The number of rotatable bonds is 2. The van der Waals surface area contributed by atoms with Gasteiger partial charge in [0.15, 0.2) is 5.43 Å². The van der Waals surface area contributed by atoms with Crippen LogP contribution < -0.4 is 10.3 Å². The molecule has 1 aliphatic heterocycles. The predicted octanol–water partition coefficient (Wildman–Crippen LogP) is 4.90. The number of para-hydroxylation sites is 1. The second kappa shape index (κ2) is 6.57. The quantitative estimate of drug-likeness (QED) is 0.478. The maximum absolute atomic E-state index is 13.4. The Hall–Kier alpha value is -3.44. The highest BCUT2D eigenvalue weighted by atomic mass is 35.5. The third-order valence-electron chi connectivity index (χ3n) is 5.11. The summed E-state index contributed by atoms with van der Waals surface area (Å²) in [6.07, 6.45) is 1.64. The smallest absolute Gasteiger partial charge is 0.296 e. The molecule has 1 atom stereocenters. The fourth-order valence-corrected chi connectivity index (χ4v) is 3.89. The average molecular weight is 403 g/mol. The van der Waals surface area contributed by atoms with Crippen LogP contribution in [0.15, 0.2) is 76.1 Å². The molecule has 6 heteroatoms. The first-order valence-corrected chi connectivity index (χ1v) is 9.50. The molecule has 0 saturated heterocycles. The van der Waals surface area contributed by atoms with Crippen molar-refractivity contribution >= 4 is 34.3 Å². The van der Waals surface area contributed by atoms with E-state index in [1.807, 2.05) is 31.2 Å². The highest BCUT2D eigenvalue weighted by molar-refractivity contribution is 6.30. The first kappa shape index (κ1) is 17.6. The number of carbonyl (C=O) groups is 1. The van der Waals surface area contributed by atoms with Crippen LogP contribution in [0.4, 0.5) is 5.82 Å². The van der Waals surface area contributed by atoms with Gasteiger partial charge in [-0.1, -0.05) is 35.9 Å². The van der Waals surface area contributed by atoms with Gasteiger partial charge in [-0.3, -0.25) is 14.5 Å². The third kappa shape index (κ3) is 2.74. The van der Waals surface area contributed by atoms with Gasteiger partial charge in [0.1, 0.15) is 11.4 Å². The van der Waals surface area contributed by atoms with Crippen molar-refractivity contribution in [2.75, 3.05) is 4.90 Å². The van der Waals surface area contributed by atoms with E-state index < -0.39 is 6.04 Å². The van der Waals surface area contributed by atoms with E-state index in [1.54, 1.807) is 42.6 Å². The molecule has 1 aliphatic rings. The van der Waals surface area contributed by atoms with Crippen LogP contribution >= 0.6 is 11.6 Å². The standard InChI is InChI=1S/C23H15ClN2O3/c1-13-10-11-25-18(12-13)26-20(14-6-8-15(24)9-7-14)19-21(27)16-4-2-3-5-17(16)29-22(19)23(26)28/h2-12,20H,1H3/t20-/m0/s1. The molecule has 0 radical (unpaired) electrons. The number of pyridine rings is 1. The van der Waals surface area contributed by atoms with E-state index >= 15 is 0 Å². The predicted molar refractivity (Wildman–Crippen MR) is 112 cm³/mol. The molecular weight excluding hydrogens is 388 g/mol. The van der Waals surface area contributed by atoms with Crippen LogP contribution in [0.5, 0.6) is 0 Å². The SMILES string of the molecule is Cc1ccnc(N2C(=O)c3oc4ccccc4c(=O)c3[C@@H]2c2ccc(Cl)cc2)c1. The van der Waals surface area contributed by atoms with Crippen LogP contribution in [0.1, 0.15) is 33.3 Å². The maximum atomic E-state index is 13.4. The molecule has 1 amide bonds. The van der Waals surface area contributed by atoms with E-state index in [-0.39, 0.29) is 17.1 Å². The molecule has 29 heavy (non-hydrogen) atoms. The van der Waals surface area contributed by atoms with Gasteiger partial charge in [0.05, 0.1) is 17.0 Å². The second-order valence-corrected chi connectivity index (χ2v) is 7.43. The highest BCUT2D eigenvalue weighted by Gasteiger charge is 2.44. The number of fused-ring (bicyclic) bond motifs is 2. The molecule has 3 heterocycles. The zero-order valence-corrected chi connectivity index (χ0v) is 16.2. The second-order valence-electron chi connectivity index (χ2n) is 6.99. The van der Waals surface area contributed by atoms with Crippen LogP contribution in [0.25, 0.3) is 11.0 Å². The monoisotopic (exact) mass is 402 g/mol. The summed E-state index contributed by atoms with van der Waals surface area (Å²) >= 11 is 6.06. The van der Waals surface area contributed by atoms with Gasteiger partial charge in [-0.25, -0.2) is 4.98 Å². The summed E-state index contributed by atoms with van der Waals surface area (Å²) in [7, 11) is 0. The average Bonchev–Trinajstić information content (AvgIpc) is 3.02. The molecular formula is C23H15ClN2O3. The number of halogens is 1. The lowest BCUT2D eigenvalue weighted by molar-refractivity contribution is 0.0970. The lowest BCUT2D eigenvalue weighted by atomic mass is 9.98. The minimum atomic E-state index is -0.648. The number of aryl methyl sites for hydroxylation is 1. The summed E-state index contributed by atoms with van der Waals surface area (Å²) in [5.74, 6) is 0.127. The van der Waals surface area contributed by atoms with Gasteiger partial charge in [-0.15, -0.1) is 0 Å². The fourth-order valence-electron chi connectivity index (χ4n) is 3.77. The van der Waals surface area contributed by atoms with E-state index in [9.17, 15) is 9.59 Å². The van der Waals surface area contributed by atoms with E-state index in [1.165, 1.54) is 4.90 Å². The number of amides is 1. The van der Waals surface area contributed by atoms with E-state index in [4.69, 9.17) is 16.0 Å². The van der Waals surface area contributed by atoms with E-state index in [2.05, 4.69) is 4.98 Å². The molecule has 0 bridgehead atoms. The number of aromatic nitrogens is 1. The molecule has 5 rings (SSSR count). The number of carbonyl (C=O) groups excluding carboxylic acids is 1. The maximum Gasteiger partial charge on any atom is 0.296 e. The van der Waals surface area contributed by atoms with Crippen molar-refractivity contribution in [1.29, 1.82) is 0 Å². The largest absolute Gasteiger partial charge is 0.450 e. The van der Waals surface area contributed by atoms with Gasteiger partial charge < -0.3 is 4.42 Å². The Kier molecular flexibility index (Phi) is 4.00. The van der Waals surface area contributed by atoms with Crippen molar-refractivity contribution in [3.63, 3.8) is 0 Å². The molecule has 0 aliphatic carbocycles. The van der Waals surface area contributed by atoms with Gasteiger partial charge >= 0.3 is 0 Å². The first-order valence-electron chi connectivity index (χ1n) is 9.12. The number of hydrogen-bond acceptors (Lipinski definition) is 4. The summed E-state index contributed by atoms with van der Waals surface area (Å²) in [5, 5.41) is 1.01. The Morgan fingerprint density at radius 1 is 1.03 bits per heavy atom. The molecule has 2 aromatic heterocycles. The molecule has 0 fully saturated rings. The molecule has 0 spiro atoms. The number of hydrogen-bond donors (Lipinski definition) is 0. The third-order valence-corrected chi connectivity index (χ3v) is 5.36. The molecule has 142 valence electrons. The van der Waals surface area contributed by atoms with Crippen LogP contribution in [0, 0.1) is 6.92 Å². The molecule has 2 aromatic carbocycles. The van der Waals surface area contributed by atoms with Crippen molar-refractivity contribution in [3.8, 4) is 0 Å². The summed E-state index contributed by atoms with van der Waals surface area (Å²) in [4.78, 5) is 32.7. The van der Waals surface area contributed by atoms with E-state index in [0.29, 0.717) is 27.4 Å². The van der Waals surface area contributed by atoms with Crippen LogP contribution in [-0.2, 0) is 0 Å². The number of anilines is 1. The first-order chi connectivity index (χ1) is 14.0. The van der Waals surface area contributed by atoms with Gasteiger partial charge in [0.25, 0.3) is 5.91 Å². The van der Waals surface area contributed by atoms with Crippen molar-refractivity contribution in [2.24, 2.45) is 0 Å². The van der Waals surface area contributed by atoms with Gasteiger partial charge in [0.2, 0.25) is 5.76 Å². The molecule has 0 unspecified atom stereocenters. The number of benzene rings is 2. The summed E-state index contributed by atoms with van der Waals surface area (Å²) < 4.78 is 5.91. The minimum Gasteiger partial charge on any atom is -0.450 e. The summed E-state index contributed by atoms with van der Waals surface area (Å²) in [5.41, 5.74) is 2.20. The zero-order chi connectivity index (χ0) is 20.1. The van der Waals surface area contributed by atoms with Gasteiger partial charge in [-0.05, 0) is 54.4 Å². The van der Waals surface area contributed by atoms with Crippen LogP contribution in [-0.4, -0.2) is 10.9 Å². The molecule has 0 N–H and O–H groups in total. The Labute approximate surface area is 171 Å². The van der Waals surface area contributed by atoms with Crippen molar-refractivity contribution in [2.45, 2.75) is 13.0 Å². The summed E-state index contributed by atoms with van der Waals surface area (Å²) in [6, 6.07) is 17.1. The topological polar surface area (TPSA) is 63.4 Å². The van der Waals surface area contributed by atoms with Crippen molar-refractivity contribution in [1.82, 2.24) is 4.98 Å². The Bertz CT molecular complexity index is 1330. The minimum absolute atomic E-state index is 0.0527. The molecule has 4 aromatic rings. The number of nitrogens with zero attached hydrogens (tertiary/aromatic N) is 2. The molecule has 0 saturated carbocycles. The van der Waals surface area contributed by atoms with Crippen molar-refractivity contribution in [3.05, 3.63) is 105 Å². The normalized spacial score (nSPS) is 15.7. The van der Waals surface area contributed by atoms with E-state index in [0.717, 1.165) is 11.1 Å². The Morgan fingerprint density at radius 3 is 2.55 bits per heavy atom. The summed E-state index contributed by atoms with van der Waals surface area (Å²) in [6.45, 7) is 1.92. The zero-order valence-electron chi connectivity index (χ0n) is 15.4.